The van der Waals surface area contributed by atoms with Gasteiger partial charge in [-0.05, 0) is 24.2 Å². The Bertz CT molecular complexity index is 427. The summed E-state index contributed by atoms with van der Waals surface area (Å²) in [6.07, 6.45) is 0.885. The molecule has 98 valence electrons. The van der Waals surface area contributed by atoms with Crippen LogP contribution in [0.1, 0.15) is 30.6 Å². The van der Waals surface area contributed by atoms with Gasteiger partial charge < -0.3 is 5.11 Å². The van der Waals surface area contributed by atoms with E-state index in [1.807, 2.05) is 0 Å². The fourth-order valence-electron chi connectivity index (χ4n) is 1.39. The van der Waals surface area contributed by atoms with Gasteiger partial charge in [-0.1, -0.05) is 19.9 Å². The largest absolute Gasteiger partial charge is 0.478 e. The summed E-state index contributed by atoms with van der Waals surface area (Å²) in [7, 11) is 0. The second-order valence-corrected chi connectivity index (χ2v) is 5.35. The molecule has 1 N–H and O–H groups in total. The van der Waals surface area contributed by atoms with Crippen LogP contribution in [-0.2, 0) is 0 Å². The van der Waals surface area contributed by atoms with Crippen molar-refractivity contribution in [2.45, 2.75) is 25.2 Å². The van der Waals surface area contributed by atoms with E-state index in [4.69, 9.17) is 5.11 Å². The Hall–Kier alpha value is -1.56. The molecule has 1 aromatic rings. The summed E-state index contributed by atoms with van der Waals surface area (Å²) in [5.74, 6) is 0.0160. The SMILES string of the molecule is CC(C)CCSc1c(C(=O)O)cccc1[N+](=O)[O-]. The maximum Gasteiger partial charge on any atom is 0.337 e. The topological polar surface area (TPSA) is 80.4 Å². The Morgan fingerprint density at radius 2 is 2.17 bits per heavy atom. The number of benzene rings is 1. The molecule has 0 aliphatic carbocycles. The zero-order chi connectivity index (χ0) is 13.7. The number of aromatic carboxylic acids is 1. The van der Waals surface area contributed by atoms with Crippen molar-refractivity contribution in [3.05, 3.63) is 33.9 Å². The van der Waals surface area contributed by atoms with Gasteiger partial charge in [0.15, 0.2) is 0 Å². The summed E-state index contributed by atoms with van der Waals surface area (Å²) in [4.78, 5) is 21.7. The van der Waals surface area contributed by atoms with E-state index in [0.717, 1.165) is 6.42 Å². The minimum atomic E-state index is -1.13. The highest BCUT2D eigenvalue weighted by atomic mass is 32.2. The second kappa shape index (κ2) is 6.39. The van der Waals surface area contributed by atoms with Gasteiger partial charge in [0.1, 0.15) is 0 Å². The third-order valence-corrected chi connectivity index (χ3v) is 3.52. The van der Waals surface area contributed by atoms with E-state index in [1.54, 1.807) is 0 Å². The Balaban J connectivity index is 3.03. The van der Waals surface area contributed by atoms with Crippen molar-refractivity contribution in [3.8, 4) is 0 Å². The van der Waals surface area contributed by atoms with Crippen LogP contribution in [0.15, 0.2) is 23.1 Å². The van der Waals surface area contributed by atoms with E-state index in [0.29, 0.717) is 11.7 Å². The van der Waals surface area contributed by atoms with Crippen LogP contribution in [0.3, 0.4) is 0 Å². The van der Waals surface area contributed by atoms with Crippen molar-refractivity contribution in [3.63, 3.8) is 0 Å². The molecule has 0 spiro atoms. The van der Waals surface area contributed by atoms with Gasteiger partial charge in [0.25, 0.3) is 5.69 Å². The lowest BCUT2D eigenvalue weighted by molar-refractivity contribution is -0.387. The highest BCUT2D eigenvalue weighted by Gasteiger charge is 2.21. The average Bonchev–Trinajstić information content (AvgIpc) is 2.28. The number of rotatable bonds is 6. The number of hydrogen-bond acceptors (Lipinski definition) is 4. The zero-order valence-electron chi connectivity index (χ0n) is 10.3. The summed E-state index contributed by atoms with van der Waals surface area (Å²) >= 11 is 1.24. The summed E-state index contributed by atoms with van der Waals surface area (Å²) in [5, 5.41) is 19.9. The first-order chi connectivity index (χ1) is 8.43. The van der Waals surface area contributed by atoms with Crippen molar-refractivity contribution >= 4 is 23.4 Å². The second-order valence-electron chi connectivity index (χ2n) is 4.25. The van der Waals surface area contributed by atoms with Crippen LogP contribution in [-0.4, -0.2) is 21.8 Å². The van der Waals surface area contributed by atoms with Crippen LogP contribution in [0.25, 0.3) is 0 Å². The van der Waals surface area contributed by atoms with Crippen molar-refractivity contribution < 1.29 is 14.8 Å². The molecule has 6 heteroatoms. The minimum absolute atomic E-state index is 0.00189. The molecule has 18 heavy (non-hydrogen) atoms. The Morgan fingerprint density at radius 1 is 1.50 bits per heavy atom. The van der Waals surface area contributed by atoms with E-state index in [1.165, 1.54) is 30.0 Å². The fraction of sp³-hybridized carbons (Fsp3) is 0.417. The van der Waals surface area contributed by atoms with Crippen molar-refractivity contribution in [2.24, 2.45) is 5.92 Å². The molecule has 0 bridgehead atoms. The van der Waals surface area contributed by atoms with E-state index >= 15 is 0 Å². The predicted octanol–water partition coefficient (Wildman–Crippen LogP) is 3.43. The molecule has 0 aliphatic heterocycles. The normalized spacial score (nSPS) is 10.6. The van der Waals surface area contributed by atoms with Gasteiger partial charge in [-0.3, -0.25) is 10.1 Å². The summed E-state index contributed by atoms with van der Waals surface area (Å²) in [5.41, 5.74) is -0.137. The molecule has 0 amide bonds. The van der Waals surface area contributed by atoms with Crippen LogP contribution in [0, 0.1) is 16.0 Å². The van der Waals surface area contributed by atoms with Crippen LogP contribution in [0.5, 0.6) is 0 Å². The molecule has 0 aliphatic rings. The molecule has 1 aromatic carbocycles. The molecule has 0 atom stereocenters. The Morgan fingerprint density at radius 3 is 2.67 bits per heavy atom. The summed E-state index contributed by atoms with van der Waals surface area (Å²) < 4.78 is 0. The van der Waals surface area contributed by atoms with Crippen molar-refractivity contribution in [1.82, 2.24) is 0 Å². The number of carboxylic acids is 1. The van der Waals surface area contributed by atoms with E-state index < -0.39 is 10.9 Å². The summed E-state index contributed by atoms with van der Waals surface area (Å²) in [6, 6.07) is 4.13. The van der Waals surface area contributed by atoms with Gasteiger partial charge in [0.05, 0.1) is 15.4 Å². The quantitative estimate of drug-likeness (QED) is 0.486. The van der Waals surface area contributed by atoms with Gasteiger partial charge in [0.2, 0.25) is 0 Å². The molecule has 0 aromatic heterocycles. The number of thioether (sulfide) groups is 1. The van der Waals surface area contributed by atoms with Crippen LogP contribution < -0.4 is 0 Å². The van der Waals surface area contributed by atoms with Crippen LogP contribution in [0.4, 0.5) is 5.69 Å². The minimum Gasteiger partial charge on any atom is -0.478 e. The van der Waals surface area contributed by atoms with E-state index in [9.17, 15) is 14.9 Å². The number of hydrogen-bond donors (Lipinski definition) is 1. The molecular formula is C12H15NO4S. The molecule has 0 heterocycles. The molecule has 1 rings (SSSR count). The van der Waals surface area contributed by atoms with E-state index in [2.05, 4.69) is 13.8 Å². The first kappa shape index (κ1) is 14.5. The lowest BCUT2D eigenvalue weighted by Crippen LogP contribution is -2.03. The van der Waals surface area contributed by atoms with Gasteiger partial charge in [-0.15, -0.1) is 11.8 Å². The highest BCUT2D eigenvalue weighted by Crippen LogP contribution is 2.33. The summed E-state index contributed by atoms with van der Waals surface area (Å²) in [6.45, 7) is 4.11. The monoisotopic (exact) mass is 269 g/mol. The number of carbonyl (C=O) groups is 1. The lowest BCUT2D eigenvalue weighted by atomic mass is 10.2. The molecule has 5 nitrogen and oxygen atoms in total. The molecular weight excluding hydrogens is 254 g/mol. The zero-order valence-corrected chi connectivity index (χ0v) is 11.1. The molecule has 0 radical (unpaired) electrons. The highest BCUT2D eigenvalue weighted by molar-refractivity contribution is 7.99. The Kier molecular flexibility index (Phi) is 5.15. The van der Waals surface area contributed by atoms with Crippen molar-refractivity contribution in [2.75, 3.05) is 5.75 Å². The van der Waals surface area contributed by atoms with E-state index in [-0.39, 0.29) is 16.1 Å². The number of nitro groups is 1. The average molecular weight is 269 g/mol. The number of nitro benzene ring substituents is 1. The molecule has 0 unspecified atom stereocenters. The van der Waals surface area contributed by atoms with Crippen molar-refractivity contribution in [1.29, 1.82) is 0 Å². The van der Waals surface area contributed by atoms with Gasteiger partial charge >= 0.3 is 5.97 Å². The third-order valence-electron chi connectivity index (χ3n) is 2.36. The fourth-order valence-corrected chi connectivity index (χ4v) is 2.78. The first-order valence-corrected chi connectivity index (χ1v) is 6.55. The number of carboxylic acid groups (broad SMARTS) is 1. The van der Waals surface area contributed by atoms with Gasteiger partial charge in [-0.25, -0.2) is 4.79 Å². The molecule has 0 fully saturated rings. The predicted molar refractivity (Wildman–Crippen MR) is 70.2 cm³/mol. The maximum atomic E-state index is 11.1. The first-order valence-electron chi connectivity index (χ1n) is 5.57. The molecule has 0 saturated carbocycles. The smallest absolute Gasteiger partial charge is 0.337 e. The lowest BCUT2D eigenvalue weighted by Gasteiger charge is -2.07. The number of nitrogens with zero attached hydrogens (tertiary/aromatic N) is 1. The third kappa shape index (κ3) is 3.73. The van der Waals surface area contributed by atoms with Gasteiger partial charge in [0, 0.05) is 6.07 Å². The maximum absolute atomic E-state index is 11.1. The standard InChI is InChI=1S/C12H15NO4S/c1-8(2)6-7-18-11-9(12(14)15)4-3-5-10(11)13(16)17/h3-5,8H,6-7H2,1-2H3,(H,14,15). The Labute approximate surface area is 109 Å². The van der Waals surface area contributed by atoms with Gasteiger partial charge in [-0.2, -0.15) is 0 Å². The molecule has 0 saturated heterocycles. The van der Waals surface area contributed by atoms with Crippen LogP contribution >= 0.6 is 11.8 Å². The van der Waals surface area contributed by atoms with Crippen LogP contribution in [0.2, 0.25) is 0 Å².